The van der Waals surface area contributed by atoms with Gasteiger partial charge in [0.15, 0.2) is 5.82 Å². The van der Waals surface area contributed by atoms with Crippen LogP contribution in [-0.2, 0) is 13.5 Å². The van der Waals surface area contributed by atoms with Gasteiger partial charge in [-0.1, -0.05) is 13.3 Å². The van der Waals surface area contributed by atoms with E-state index in [1.165, 1.54) is 0 Å². The van der Waals surface area contributed by atoms with E-state index >= 15 is 0 Å². The van der Waals surface area contributed by atoms with Crippen molar-refractivity contribution in [3.8, 4) is 5.69 Å². The van der Waals surface area contributed by atoms with E-state index < -0.39 is 0 Å². The van der Waals surface area contributed by atoms with Gasteiger partial charge in [-0.25, -0.2) is 14.6 Å². The topological polar surface area (TPSA) is 74.6 Å². The second-order valence-corrected chi connectivity index (χ2v) is 6.04. The van der Waals surface area contributed by atoms with Crippen LogP contribution in [-0.4, -0.2) is 24.3 Å². The highest BCUT2D eigenvalue weighted by Gasteiger charge is 2.15. The summed E-state index contributed by atoms with van der Waals surface area (Å²) in [7, 11) is 2.06. The van der Waals surface area contributed by atoms with E-state index in [0.29, 0.717) is 5.82 Å². The van der Waals surface area contributed by atoms with Crippen LogP contribution < -0.4 is 5.73 Å². The van der Waals surface area contributed by atoms with Crippen molar-refractivity contribution in [2.45, 2.75) is 26.2 Å². The van der Waals surface area contributed by atoms with Crippen LogP contribution in [0, 0.1) is 0 Å². The van der Waals surface area contributed by atoms with Crippen LogP contribution in [0.5, 0.6) is 0 Å². The summed E-state index contributed by atoms with van der Waals surface area (Å²) in [4.78, 5) is 9.30. The lowest BCUT2D eigenvalue weighted by atomic mass is 10.1. The molecule has 24 heavy (non-hydrogen) atoms. The molecule has 4 aromatic rings. The number of nitrogens with zero attached hydrogens (tertiary/aromatic N) is 5. The summed E-state index contributed by atoms with van der Waals surface area (Å²) in [6.45, 7) is 2.19. The normalized spacial score (nSPS) is 11.6. The van der Waals surface area contributed by atoms with Crippen LogP contribution in [0.1, 0.15) is 25.6 Å². The Labute approximate surface area is 139 Å². The number of aryl methyl sites for hydroxylation is 2. The number of aromatic nitrogens is 5. The van der Waals surface area contributed by atoms with Gasteiger partial charge in [0.25, 0.3) is 0 Å². The van der Waals surface area contributed by atoms with Crippen LogP contribution >= 0.6 is 0 Å². The fourth-order valence-electron chi connectivity index (χ4n) is 3.15. The first kappa shape index (κ1) is 14.7. The molecule has 3 aromatic heterocycles. The Morgan fingerprint density at radius 2 is 2.08 bits per heavy atom. The van der Waals surface area contributed by atoms with Crippen LogP contribution in [0.2, 0.25) is 0 Å². The highest BCUT2D eigenvalue weighted by Crippen LogP contribution is 2.29. The van der Waals surface area contributed by atoms with Crippen LogP contribution in [0.25, 0.3) is 27.6 Å². The molecule has 0 aliphatic rings. The number of hydrogen-bond donors (Lipinski definition) is 1. The number of fused-ring (bicyclic) bond motifs is 3. The van der Waals surface area contributed by atoms with Crippen molar-refractivity contribution in [3.05, 3.63) is 42.5 Å². The molecule has 0 aliphatic heterocycles. The van der Waals surface area contributed by atoms with Crippen LogP contribution in [0.3, 0.4) is 0 Å². The van der Waals surface area contributed by atoms with E-state index in [-0.39, 0.29) is 0 Å². The molecule has 0 saturated heterocycles. The number of imidazole rings is 1. The maximum absolute atomic E-state index is 6.19. The summed E-state index contributed by atoms with van der Waals surface area (Å²) in [6, 6.07) is 8.03. The molecule has 0 unspecified atom stereocenters. The first-order valence-corrected chi connectivity index (χ1v) is 8.23. The summed E-state index contributed by atoms with van der Waals surface area (Å²) in [6.07, 6.45) is 6.89. The van der Waals surface area contributed by atoms with Gasteiger partial charge in [0.1, 0.15) is 11.3 Å². The van der Waals surface area contributed by atoms with Gasteiger partial charge >= 0.3 is 0 Å². The van der Waals surface area contributed by atoms with Crippen molar-refractivity contribution >= 4 is 27.8 Å². The largest absolute Gasteiger partial charge is 0.382 e. The second kappa shape index (κ2) is 5.63. The zero-order valence-electron chi connectivity index (χ0n) is 13.9. The first-order chi connectivity index (χ1) is 11.7. The fraction of sp³-hybridized carbons (Fsp3) is 0.278. The molecular formula is C18H20N6. The van der Waals surface area contributed by atoms with E-state index in [9.17, 15) is 0 Å². The van der Waals surface area contributed by atoms with E-state index in [2.05, 4.69) is 34.7 Å². The summed E-state index contributed by atoms with van der Waals surface area (Å²) >= 11 is 0. The molecule has 0 fully saturated rings. The lowest BCUT2D eigenvalue weighted by molar-refractivity contribution is 0.720. The molecule has 0 amide bonds. The molecule has 0 spiro atoms. The Morgan fingerprint density at radius 1 is 1.21 bits per heavy atom. The molecule has 0 aliphatic carbocycles. The molecule has 0 atom stereocenters. The molecule has 122 valence electrons. The molecule has 0 saturated carbocycles. The van der Waals surface area contributed by atoms with Crippen molar-refractivity contribution < 1.29 is 0 Å². The third kappa shape index (κ3) is 2.22. The van der Waals surface area contributed by atoms with E-state index in [4.69, 9.17) is 10.7 Å². The van der Waals surface area contributed by atoms with Gasteiger partial charge in [-0.2, -0.15) is 5.10 Å². The minimum atomic E-state index is 0.480. The smallest absolute Gasteiger partial charge is 0.152 e. The molecule has 3 heterocycles. The van der Waals surface area contributed by atoms with Gasteiger partial charge in [0.2, 0.25) is 0 Å². The molecule has 6 heteroatoms. The van der Waals surface area contributed by atoms with Crippen molar-refractivity contribution in [1.29, 1.82) is 0 Å². The lowest BCUT2D eigenvalue weighted by Crippen LogP contribution is -1.99. The Morgan fingerprint density at radius 3 is 2.83 bits per heavy atom. The number of nitrogens with two attached hydrogens (primary N) is 1. The standard InChI is InChI=1S/C18H20N6/c1-3-4-6-15-22-16-17(23(15)2)13-8-7-12(24-10-5-9-20-24)11-14(13)21-18(16)19/h5,7-11H,3-4,6H2,1-2H3,(H2,19,21). The molecule has 0 bridgehead atoms. The number of rotatable bonds is 4. The zero-order valence-corrected chi connectivity index (χ0v) is 13.9. The summed E-state index contributed by atoms with van der Waals surface area (Å²) in [5.74, 6) is 1.54. The Balaban J connectivity index is 1.95. The minimum Gasteiger partial charge on any atom is -0.382 e. The van der Waals surface area contributed by atoms with Crippen molar-refractivity contribution in [3.63, 3.8) is 0 Å². The zero-order chi connectivity index (χ0) is 16.7. The molecule has 2 N–H and O–H groups in total. The fourth-order valence-corrected chi connectivity index (χ4v) is 3.15. The van der Waals surface area contributed by atoms with Crippen molar-refractivity contribution in [2.75, 3.05) is 5.73 Å². The van der Waals surface area contributed by atoms with Gasteiger partial charge in [-0.15, -0.1) is 0 Å². The highest BCUT2D eigenvalue weighted by molar-refractivity contribution is 6.07. The van der Waals surface area contributed by atoms with Gasteiger partial charge < -0.3 is 10.3 Å². The SMILES string of the molecule is CCCCc1nc2c(N)nc3cc(-n4cccn4)ccc3c2n1C. The number of pyridine rings is 1. The first-order valence-electron chi connectivity index (χ1n) is 8.23. The number of nitrogen functional groups attached to an aromatic ring is 1. The van der Waals surface area contributed by atoms with Gasteiger partial charge in [0.05, 0.1) is 16.7 Å². The van der Waals surface area contributed by atoms with Crippen molar-refractivity contribution in [1.82, 2.24) is 24.3 Å². The quantitative estimate of drug-likeness (QED) is 0.626. The second-order valence-electron chi connectivity index (χ2n) is 6.04. The average Bonchev–Trinajstić information content (AvgIpc) is 3.22. The van der Waals surface area contributed by atoms with Crippen molar-refractivity contribution in [2.24, 2.45) is 7.05 Å². The summed E-state index contributed by atoms with van der Waals surface area (Å²) in [5.41, 5.74) is 9.86. The monoisotopic (exact) mass is 320 g/mol. The summed E-state index contributed by atoms with van der Waals surface area (Å²) in [5, 5.41) is 5.34. The molecule has 0 radical (unpaired) electrons. The van der Waals surface area contributed by atoms with Gasteiger partial charge in [-0.05, 0) is 30.7 Å². The number of benzene rings is 1. The minimum absolute atomic E-state index is 0.480. The van der Waals surface area contributed by atoms with Crippen LogP contribution in [0.4, 0.5) is 5.82 Å². The van der Waals surface area contributed by atoms with Crippen LogP contribution in [0.15, 0.2) is 36.7 Å². The highest BCUT2D eigenvalue weighted by atomic mass is 15.3. The third-order valence-corrected chi connectivity index (χ3v) is 4.43. The van der Waals surface area contributed by atoms with E-state index in [1.54, 1.807) is 6.20 Å². The molecule has 4 rings (SSSR count). The molecular weight excluding hydrogens is 300 g/mol. The number of unbranched alkanes of at least 4 members (excludes halogenated alkanes) is 1. The predicted octanol–water partition coefficient (Wildman–Crippen LogP) is 3.23. The maximum atomic E-state index is 6.19. The Kier molecular flexibility index (Phi) is 3.45. The number of anilines is 1. The molecule has 6 nitrogen and oxygen atoms in total. The lowest BCUT2D eigenvalue weighted by Gasteiger charge is -2.07. The Bertz CT molecular complexity index is 1010. The van der Waals surface area contributed by atoms with Gasteiger partial charge in [0, 0.05) is 31.2 Å². The van der Waals surface area contributed by atoms with E-state index in [0.717, 1.165) is 52.7 Å². The molecule has 1 aromatic carbocycles. The Hall–Kier alpha value is -2.89. The van der Waals surface area contributed by atoms with E-state index in [1.807, 2.05) is 29.1 Å². The predicted molar refractivity (Wildman–Crippen MR) is 96.2 cm³/mol. The summed E-state index contributed by atoms with van der Waals surface area (Å²) < 4.78 is 3.97. The average molecular weight is 320 g/mol. The maximum Gasteiger partial charge on any atom is 0.152 e. The third-order valence-electron chi connectivity index (χ3n) is 4.43. The number of hydrogen-bond acceptors (Lipinski definition) is 4. The van der Waals surface area contributed by atoms with Gasteiger partial charge in [-0.3, -0.25) is 0 Å².